The molecule has 2 aromatic rings. The first kappa shape index (κ1) is 14.5. The van der Waals surface area contributed by atoms with E-state index in [9.17, 15) is 13.2 Å². The Labute approximate surface area is 120 Å². The summed E-state index contributed by atoms with van der Waals surface area (Å²) >= 11 is 6.03. The smallest absolute Gasteiger partial charge is 0.335 e. The lowest BCUT2D eigenvalue weighted by Crippen LogP contribution is -2.11. The number of halogens is 1. The Hall–Kier alpha value is -1.89. The molecule has 0 unspecified atom stereocenters. The third-order valence-electron chi connectivity index (χ3n) is 2.71. The number of nitrogens with two attached hydrogens (primary N) is 1. The van der Waals surface area contributed by atoms with Crippen molar-refractivity contribution in [3.8, 4) is 11.1 Å². The van der Waals surface area contributed by atoms with E-state index in [4.69, 9.17) is 21.8 Å². The van der Waals surface area contributed by atoms with E-state index in [2.05, 4.69) is 0 Å². The number of hydrogen-bond acceptors (Lipinski definition) is 3. The molecule has 5 nitrogen and oxygen atoms in total. The lowest BCUT2D eigenvalue weighted by atomic mass is 10.0. The van der Waals surface area contributed by atoms with Crippen molar-refractivity contribution in [1.29, 1.82) is 0 Å². The molecule has 0 saturated carbocycles. The Morgan fingerprint density at radius 1 is 1.10 bits per heavy atom. The molecular formula is C13H10ClNO4S. The fourth-order valence-corrected chi connectivity index (χ4v) is 2.45. The van der Waals surface area contributed by atoms with Crippen LogP contribution >= 0.6 is 11.6 Å². The number of rotatable bonds is 3. The van der Waals surface area contributed by atoms with Gasteiger partial charge in [0, 0.05) is 10.6 Å². The van der Waals surface area contributed by atoms with Gasteiger partial charge in [0.05, 0.1) is 10.5 Å². The van der Waals surface area contributed by atoms with Gasteiger partial charge in [-0.05, 0) is 35.9 Å². The maximum absolute atomic E-state index is 11.2. The highest BCUT2D eigenvalue weighted by atomic mass is 35.5. The molecule has 3 N–H and O–H groups in total. The number of carbonyl (C=O) groups is 1. The van der Waals surface area contributed by atoms with E-state index in [1.54, 1.807) is 0 Å². The number of carboxylic acids is 1. The summed E-state index contributed by atoms with van der Waals surface area (Å²) < 4.78 is 22.3. The van der Waals surface area contributed by atoms with Crippen LogP contribution in [-0.2, 0) is 10.0 Å². The van der Waals surface area contributed by atoms with Crippen molar-refractivity contribution in [2.45, 2.75) is 4.90 Å². The van der Waals surface area contributed by atoms with E-state index in [1.807, 2.05) is 0 Å². The zero-order chi connectivity index (χ0) is 14.9. The van der Waals surface area contributed by atoms with Gasteiger partial charge in [-0.15, -0.1) is 0 Å². The van der Waals surface area contributed by atoms with Gasteiger partial charge in [0.25, 0.3) is 0 Å². The van der Waals surface area contributed by atoms with Crippen molar-refractivity contribution < 1.29 is 18.3 Å². The summed E-state index contributed by atoms with van der Waals surface area (Å²) in [5.41, 5.74) is 1.21. The quantitative estimate of drug-likeness (QED) is 0.909. The molecule has 0 saturated heterocycles. The third kappa shape index (κ3) is 2.98. The number of hydrogen-bond donors (Lipinski definition) is 2. The predicted molar refractivity (Wildman–Crippen MR) is 75.2 cm³/mol. The number of carboxylic acid groups (broad SMARTS) is 1. The van der Waals surface area contributed by atoms with Gasteiger partial charge in [0.15, 0.2) is 0 Å². The molecule has 0 fully saturated rings. The van der Waals surface area contributed by atoms with Crippen LogP contribution in [0.2, 0.25) is 5.02 Å². The molecule has 2 aromatic carbocycles. The summed E-state index contributed by atoms with van der Waals surface area (Å²) in [6.45, 7) is 0. The Balaban J connectivity index is 2.51. The van der Waals surface area contributed by atoms with E-state index in [0.29, 0.717) is 16.1 Å². The third-order valence-corrected chi connectivity index (χ3v) is 3.97. The molecule has 0 amide bonds. The minimum atomic E-state index is -3.76. The average Bonchev–Trinajstić information content (AvgIpc) is 2.38. The van der Waals surface area contributed by atoms with Crippen molar-refractivity contribution >= 4 is 27.6 Å². The second-order valence-electron chi connectivity index (χ2n) is 4.07. The van der Waals surface area contributed by atoms with Crippen LogP contribution in [0.5, 0.6) is 0 Å². The number of sulfonamides is 1. The molecule has 0 aliphatic rings. The van der Waals surface area contributed by atoms with Gasteiger partial charge in [0.2, 0.25) is 10.0 Å². The predicted octanol–water partition coefficient (Wildman–Crippen LogP) is 2.35. The van der Waals surface area contributed by atoms with Crippen molar-refractivity contribution in [2.75, 3.05) is 0 Å². The molecule has 0 heterocycles. The van der Waals surface area contributed by atoms with Crippen LogP contribution in [0.25, 0.3) is 11.1 Å². The first-order chi connectivity index (χ1) is 9.29. The number of benzene rings is 2. The van der Waals surface area contributed by atoms with E-state index in [1.165, 1.54) is 42.5 Å². The fourth-order valence-electron chi connectivity index (χ4n) is 1.70. The minimum Gasteiger partial charge on any atom is -0.478 e. The van der Waals surface area contributed by atoms with Crippen molar-refractivity contribution in [1.82, 2.24) is 0 Å². The SMILES string of the molecule is NS(=O)(=O)c1ccc(-c2cc(C(=O)O)ccc2Cl)cc1. The largest absolute Gasteiger partial charge is 0.478 e. The van der Waals surface area contributed by atoms with Crippen LogP contribution in [0, 0.1) is 0 Å². The normalized spacial score (nSPS) is 11.3. The Kier molecular flexibility index (Phi) is 3.80. The second-order valence-corrected chi connectivity index (χ2v) is 6.04. The zero-order valence-electron chi connectivity index (χ0n) is 10.1. The van der Waals surface area contributed by atoms with Gasteiger partial charge in [0.1, 0.15) is 0 Å². The molecule has 0 aromatic heterocycles. The zero-order valence-corrected chi connectivity index (χ0v) is 11.6. The van der Waals surface area contributed by atoms with Gasteiger partial charge in [-0.1, -0.05) is 23.7 Å². The van der Waals surface area contributed by atoms with Gasteiger partial charge < -0.3 is 5.11 Å². The maximum Gasteiger partial charge on any atom is 0.335 e. The van der Waals surface area contributed by atoms with E-state index < -0.39 is 16.0 Å². The topological polar surface area (TPSA) is 97.5 Å². The maximum atomic E-state index is 11.2. The van der Waals surface area contributed by atoms with Crippen molar-refractivity contribution in [3.05, 3.63) is 53.1 Å². The summed E-state index contributed by atoms with van der Waals surface area (Å²) in [6.07, 6.45) is 0. The Bertz CT molecular complexity index is 769. The van der Waals surface area contributed by atoms with E-state index in [0.717, 1.165) is 0 Å². The molecule has 0 spiro atoms. The molecule has 0 atom stereocenters. The average molecular weight is 312 g/mol. The lowest BCUT2D eigenvalue weighted by Gasteiger charge is -2.07. The molecule has 0 aliphatic carbocycles. The fraction of sp³-hybridized carbons (Fsp3) is 0. The van der Waals surface area contributed by atoms with Crippen LogP contribution < -0.4 is 5.14 Å². The second kappa shape index (κ2) is 5.24. The summed E-state index contributed by atoms with van der Waals surface area (Å²) in [7, 11) is -3.76. The van der Waals surface area contributed by atoms with Crippen LogP contribution in [0.15, 0.2) is 47.4 Å². The highest BCUT2D eigenvalue weighted by molar-refractivity contribution is 7.89. The van der Waals surface area contributed by atoms with Crippen LogP contribution in [0.3, 0.4) is 0 Å². The first-order valence-corrected chi connectivity index (χ1v) is 7.37. The van der Waals surface area contributed by atoms with E-state index >= 15 is 0 Å². The minimum absolute atomic E-state index is 0.0215. The van der Waals surface area contributed by atoms with Crippen LogP contribution in [-0.4, -0.2) is 19.5 Å². The molecule has 7 heteroatoms. The summed E-state index contributed by atoms with van der Waals surface area (Å²) in [5.74, 6) is -1.07. The highest BCUT2D eigenvalue weighted by Gasteiger charge is 2.11. The van der Waals surface area contributed by atoms with Gasteiger partial charge in [-0.2, -0.15) is 0 Å². The Morgan fingerprint density at radius 2 is 1.70 bits per heavy atom. The molecule has 0 bridgehead atoms. The number of aromatic carboxylic acids is 1. The van der Waals surface area contributed by atoms with Crippen molar-refractivity contribution in [3.63, 3.8) is 0 Å². The van der Waals surface area contributed by atoms with Gasteiger partial charge in [-0.25, -0.2) is 18.4 Å². The molecule has 20 heavy (non-hydrogen) atoms. The van der Waals surface area contributed by atoms with Crippen LogP contribution in [0.1, 0.15) is 10.4 Å². The van der Waals surface area contributed by atoms with Gasteiger partial charge >= 0.3 is 5.97 Å². The van der Waals surface area contributed by atoms with Gasteiger partial charge in [-0.3, -0.25) is 0 Å². The number of primary sulfonamides is 1. The lowest BCUT2D eigenvalue weighted by molar-refractivity contribution is 0.0697. The van der Waals surface area contributed by atoms with Crippen molar-refractivity contribution in [2.24, 2.45) is 5.14 Å². The molecule has 0 aliphatic heterocycles. The molecule has 104 valence electrons. The van der Waals surface area contributed by atoms with E-state index in [-0.39, 0.29) is 10.5 Å². The first-order valence-electron chi connectivity index (χ1n) is 5.45. The summed E-state index contributed by atoms with van der Waals surface area (Å²) in [6, 6.07) is 10.0. The molecular weight excluding hydrogens is 302 g/mol. The monoisotopic (exact) mass is 311 g/mol. The van der Waals surface area contributed by atoms with Crippen LogP contribution in [0.4, 0.5) is 0 Å². The molecule has 0 radical (unpaired) electrons. The Morgan fingerprint density at radius 3 is 2.20 bits per heavy atom. The summed E-state index contributed by atoms with van der Waals surface area (Å²) in [5, 5.41) is 14.3. The highest BCUT2D eigenvalue weighted by Crippen LogP contribution is 2.29. The molecule has 2 rings (SSSR count). The standard InChI is InChI=1S/C13H10ClNO4S/c14-12-6-3-9(13(16)17)7-11(12)8-1-4-10(5-2-8)20(15,18)19/h1-7H,(H,16,17)(H2,15,18,19). The summed E-state index contributed by atoms with van der Waals surface area (Å²) in [4.78, 5) is 10.9.